The van der Waals surface area contributed by atoms with Gasteiger partial charge in [-0.25, -0.2) is 18.4 Å². The minimum absolute atomic E-state index is 0.195. The Balaban J connectivity index is 1.41. The monoisotopic (exact) mass is 734 g/mol. The highest BCUT2D eigenvalue weighted by Crippen LogP contribution is 2.39. The number of hydrogen-bond donors (Lipinski definition) is 4. The fourth-order valence-electron chi connectivity index (χ4n) is 5.59. The molecule has 0 saturated carbocycles. The molecule has 0 radical (unpaired) electrons. The SMILES string of the molecule is C#Cc1cc(Nc2ncc3cc(-c4cc(C(=O)Nc5cc(C(C)(C)C)cc(NS(C)(=O)=O)c5OC)ccc4C)ccc3n2)cc(C(=O)NCCOC)c1. The first-order chi connectivity index (χ1) is 25.1. The molecule has 0 unspecified atom stereocenters. The summed E-state index contributed by atoms with van der Waals surface area (Å²) >= 11 is 0. The first-order valence-corrected chi connectivity index (χ1v) is 18.5. The molecule has 0 bridgehead atoms. The predicted molar refractivity (Wildman–Crippen MR) is 210 cm³/mol. The number of anilines is 4. The molecule has 53 heavy (non-hydrogen) atoms. The van der Waals surface area contributed by atoms with Crippen LogP contribution in [0.25, 0.3) is 22.0 Å². The molecule has 0 aliphatic carbocycles. The molecule has 274 valence electrons. The molecule has 0 aliphatic rings. The van der Waals surface area contributed by atoms with Gasteiger partial charge in [0.2, 0.25) is 16.0 Å². The third-order valence-corrected chi connectivity index (χ3v) is 8.89. The van der Waals surface area contributed by atoms with Crippen molar-refractivity contribution >= 4 is 55.8 Å². The van der Waals surface area contributed by atoms with E-state index in [2.05, 4.69) is 36.6 Å². The summed E-state index contributed by atoms with van der Waals surface area (Å²) in [5.74, 6) is 2.41. The lowest BCUT2D eigenvalue weighted by atomic mass is 9.86. The maximum atomic E-state index is 13.7. The highest BCUT2D eigenvalue weighted by molar-refractivity contribution is 7.92. The van der Waals surface area contributed by atoms with Crippen molar-refractivity contribution < 1.29 is 27.5 Å². The molecule has 5 aromatic rings. The lowest BCUT2D eigenvalue weighted by Crippen LogP contribution is -2.27. The Hall–Kier alpha value is -5.97. The van der Waals surface area contributed by atoms with Gasteiger partial charge in [0.05, 0.1) is 36.9 Å². The zero-order valence-corrected chi connectivity index (χ0v) is 31.5. The maximum absolute atomic E-state index is 13.7. The molecule has 0 atom stereocenters. The summed E-state index contributed by atoms with van der Waals surface area (Å²) in [6.45, 7) is 8.68. The van der Waals surface area contributed by atoms with Crippen LogP contribution in [-0.2, 0) is 20.2 Å². The summed E-state index contributed by atoms with van der Waals surface area (Å²) < 4.78 is 37.4. The summed E-state index contributed by atoms with van der Waals surface area (Å²) in [6, 6.07) is 19.7. The zero-order chi connectivity index (χ0) is 38.5. The lowest BCUT2D eigenvalue weighted by molar-refractivity contribution is 0.0936. The Labute approximate surface area is 309 Å². The number of aryl methyl sites for hydroxylation is 1. The number of carbonyl (C=O) groups excluding carboxylic acids is 2. The second-order valence-electron chi connectivity index (χ2n) is 13.5. The van der Waals surface area contributed by atoms with Crippen molar-refractivity contribution in [1.82, 2.24) is 15.3 Å². The van der Waals surface area contributed by atoms with Gasteiger partial charge in [-0.2, -0.15) is 0 Å². The Morgan fingerprint density at radius 1 is 0.925 bits per heavy atom. The normalized spacial score (nSPS) is 11.4. The van der Waals surface area contributed by atoms with Crippen LogP contribution in [0.3, 0.4) is 0 Å². The highest BCUT2D eigenvalue weighted by atomic mass is 32.2. The number of terminal acetylenes is 1. The van der Waals surface area contributed by atoms with Gasteiger partial charge >= 0.3 is 0 Å². The van der Waals surface area contributed by atoms with Gasteiger partial charge in [-0.15, -0.1) is 6.42 Å². The Morgan fingerprint density at radius 3 is 2.36 bits per heavy atom. The quantitative estimate of drug-likeness (QED) is 0.0814. The number of methoxy groups -OCH3 is 2. The van der Waals surface area contributed by atoms with Crippen molar-refractivity contribution in [3.05, 3.63) is 101 Å². The van der Waals surface area contributed by atoms with E-state index in [0.717, 1.165) is 33.9 Å². The van der Waals surface area contributed by atoms with Crippen molar-refractivity contribution in [1.29, 1.82) is 0 Å². The van der Waals surface area contributed by atoms with E-state index in [0.29, 0.717) is 52.7 Å². The Morgan fingerprint density at radius 2 is 1.68 bits per heavy atom. The average Bonchev–Trinajstić information content (AvgIpc) is 3.10. The molecule has 0 spiro atoms. The Bertz CT molecular complexity index is 2360. The molecule has 4 aromatic carbocycles. The van der Waals surface area contributed by atoms with E-state index < -0.39 is 15.9 Å². The van der Waals surface area contributed by atoms with Crippen LogP contribution >= 0.6 is 0 Å². The Kier molecular flexibility index (Phi) is 11.4. The van der Waals surface area contributed by atoms with Crippen LogP contribution in [0.5, 0.6) is 5.75 Å². The number of rotatable bonds is 12. The van der Waals surface area contributed by atoms with Gasteiger partial charge in [0.1, 0.15) is 0 Å². The molecular formula is C40H42N6O6S. The van der Waals surface area contributed by atoms with E-state index in [-0.39, 0.29) is 22.8 Å². The van der Waals surface area contributed by atoms with Crippen LogP contribution in [0, 0.1) is 19.3 Å². The minimum Gasteiger partial charge on any atom is -0.492 e. The van der Waals surface area contributed by atoms with Crippen molar-refractivity contribution in [2.24, 2.45) is 0 Å². The minimum atomic E-state index is -3.63. The van der Waals surface area contributed by atoms with E-state index in [1.807, 2.05) is 52.0 Å². The van der Waals surface area contributed by atoms with Gasteiger partial charge in [-0.05, 0) is 89.2 Å². The average molecular weight is 735 g/mol. The molecule has 5 rings (SSSR count). The van der Waals surface area contributed by atoms with E-state index >= 15 is 0 Å². The number of benzene rings is 4. The van der Waals surface area contributed by atoms with Crippen LogP contribution in [0.2, 0.25) is 0 Å². The molecule has 0 aliphatic heterocycles. The first-order valence-electron chi connectivity index (χ1n) is 16.6. The number of aromatic nitrogens is 2. The highest BCUT2D eigenvalue weighted by Gasteiger charge is 2.23. The molecular weight excluding hydrogens is 693 g/mol. The molecule has 4 N–H and O–H groups in total. The largest absolute Gasteiger partial charge is 0.492 e. The topological polar surface area (TPSA) is 161 Å². The summed E-state index contributed by atoms with van der Waals surface area (Å²) in [7, 11) is -0.653. The second-order valence-corrected chi connectivity index (χ2v) is 15.2. The molecule has 13 heteroatoms. The molecule has 2 amide bonds. The van der Waals surface area contributed by atoms with Gasteiger partial charge in [0.15, 0.2) is 5.75 Å². The third-order valence-electron chi connectivity index (χ3n) is 8.30. The number of sulfonamides is 1. The summed E-state index contributed by atoms with van der Waals surface area (Å²) in [5, 5.41) is 9.65. The van der Waals surface area contributed by atoms with Gasteiger partial charge in [-0.3, -0.25) is 14.3 Å². The van der Waals surface area contributed by atoms with E-state index in [1.54, 1.807) is 55.8 Å². The van der Waals surface area contributed by atoms with Crippen LogP contribution in [-0.4, -0.2) is 63.8 Å². The van der Waals surface area contributed by atoms with E-state index in [1.165, 1.54) is 7.11 Å². The fraction of sp³-hybridized carbons (Fsp3) is 0.250. The van der Waals surface area contributed by atoms with Crippen LogP contribution in [0.4, 0.5) is 23.0 Å². The number of ether oxygens (including phenoxy) is 2. The molecule has 1 heterocycles. The molecule has 12 nitrogen and oxygen atoms in total. The van der Waals surface area contributed by atoms with Crippen molar-refractivity contribution in [2.75, 3.05) is 49.0 Å². The van der Waals surface area contributed by atoms with Gasteiger partial charge in [0.25, 0.3) is 11.8 Å². The van der Waals surface area contributed by atoms with Crippen LogP contribution < -0.4 is 25.4 Å². The molecule has 1 aromatic heterocycles. The summed E-state index contributed by atoms with van der Waals surface area (Å²) in [4.78, 5) is 35.6. The summed E-state index contributed by atoms with van der Waals surface area (Å²) in [6.07, 6.45) is 8.41. The van der Waals surface area contributed by atoms with E-state index in [9.17, 15) is 18.0 Å². The van der Waals surface area contributed by atoms with Crippen LogP contribution in [0.15, 0.2) is 72.9 Å². The number of carbonyl (C=O) groups is 2. The van der Waals surface area contributed by atoms with Crippen LogP contribution in [0.1, 0.15) is 58.2 Å². The number of nitrogens with one attached hydrogen (secondary N) is 4. The second kappa shape index (κ2) is 15.7. The molecule has 0 fully saturated rings. The van der Waals surface area contributed by atoms with Gasteiger partial charge in [-0.1, -0.05) is 38.8 Å². The van der Waals surface area contributed by atoms with Crippen molar-refractivity contribution in [2.45, 2.75) is 33.1 Å². The zero-order valence-electron chi connectivity index (χ0n) is 30.7. The number of amides is 2. The fourth-order valence-corrected chi connectivity index (χ4v) is 6.14. The standard InChI is InChI=1S/C40H42N6O6S/c1-9-25-16-28(37(47)41-14-15-51-6)19-31(17-25)43-39-42-23-29-18-26(12-13-33(29)45-39)32-20-27(11-10-24(32)2)38(48)44-34-21-30(40(3,4)5)22-35(36(34)52-7)46-53(8,49)50/h1,10-13,16-23,46H,14-15H2,2-8H3,(H,41,47)(H,44,48)(H,42,43,45). The number of fused-ring (bicyclic) bond motifs is 1. The van der Waals surface area contributed by atoms with Crippen molar-refractivity contribution in [3.63, 3.8) is 0 Å². The molecule has 0 saturated heterocycles. The van der Waals surface area contributed by atoms with E-state index in [4.69, 9.17) is 15.9 Å². The van der Waals surface area contributed by atoms with Gasteiger partial charge in [0, 0.05) is 47.6 Å². The summed E-state index contributed by atoms with van der Waals surface area (Å²) in [5.41, 5.74) is 6.18. The number of hydrogen-bond acceptors (Lipinski definition) is 9. The van der Waals surface area contributed by atoms with Crippen molar-refractivity contribution in [3.8, 4) is 29.2 Å². The maximum Gasteiger partial charge on any atom is 0.255 e. The first kappa shape index (κ1) is 38.3. The predicted octanol–water partition coefficient (Wildman–Crippen LogP) is 6.64. The smallest absolute Gasteiger partial charge is 0.255 e. The number of nitrogens with zero attached hydrogens (tertiary/aromatic N) is 2. The lowest BCUT2D eigenvalue weighted by Gasteiger charge is -2.24. The third kappa shape index (κ3) is 9.48. The van der Waals surface area contributed by atoms with Gasteiger partial charge < -0.3 is 25.4 Å².